The average Bonchev–Trinajstić information content (AvgIpc) is 2.33. The molecule has 0 aliphatic heterocycles. The molecule has 7 heteroatoms. The second kappa shape index (κ2) is 4.20. The smallest absolute Gasteiger partial charge is 0.279 e. The van der Waals surface area contributed by atoms with Crippen LogP contribution in [0.25, 0.3) is 11.2 Å². The molecule has 0 N–H and O–H groups in total. The quantitative estimate of drug-likeness (QED) is 0.712. The number of hydrogen-bond donors (Lipinski definition) is 0. The molecule has 0 aromatic carbocycles. The van der Waals surface area contributed by atoms with Crippen LogP contribution in [0, 0.1) is 6.92 Å². The zero-order chi connectivity index (χ0) is 13.6. The number of alkyl halides is 1. The average molecular weight is 269 g/mol. The standard InChI is InChI=1S/C11H13ClN4O2/c1-5(12)7-6(2)13-9-8(14-7)10(17)16(4)11(18)15(9)3/h5H,1-4H3. The maximum atomic E-state index is 12.0. The third-order valence-corrected chi connectivity index (χ3v) is 3.07. The summed E-state index contributed by atoms with van der Waals surface area (Å²) < 4.78 is 2.31. The van der Waals surface area contributed by atoms with Gasteiger partial charge in [-0.2, -0.15) is 0 Å². The van der Waals surface area contributed by atoms with E-state index in [0.717, 1.165) is 4.57 Å². The number of nitrogens with zero attached hydrogens (tertiary/aromatic N) is 4. The molecule has 0 aliphatic rings. The van der Waals surface area contributed by atoms with E-state index in [9.17, 15) is 9.59 Å². The number of fused-ring (bicyclic) bond motifs is 1. The highest BCUT2D eigenvalue weighted by atomic mass is 35.5. The topological polar surface area (TPSA) is 69.8 Å². The first-order valence-electron chi connectivity index (χ1n) is 5.43. The highest BCUT2D eigenvalue weighted by molar-refractivity contribution is 6.20. The summed E-state index contributed by atoms with van der Waals surface area (Å²) in [6, 6.07) is 0. The predicted octanol–water partition coefficient (Wildman–Crippen LogP) is 0.635. The van der Waals surface area contributed by atoms with E-state index in [1.807, 2.05) is 0 Å². The Kier molecular flexibility index (Phi) is 2.98. The molecule has 0 spiro atoms. The van der Waals surface area contributed by atoms with Crippen LogP contribution in [0.3, 0.4) is 0 Å². The van der Waals surface area contributed by atoms with E-state index in [2.05, 4.69) is 9.97 Å². The van der Waals surface area contributed by atoms with Crippen molar-refractivity contribution in [3.63, 3.8) is 0 Å². The second-order valence-electron chi connectivity index (χ2n) is 4.19. The molecule has 0 saturated carbocycles. The fourth-order valence-electron chi connectivity index (χ4n) is 1.84. The van der Waals surface area contributed by atoms with Gasteiger partial charge in [0, 0.05) is 14.1 Å². The molecule has 2 rings (SSSR count). The van der Waals surface area contributed by atoms with Gasteiger partial charge in [0.1, 0.15) is 0 Å². The highest BCUT2D eigenvalue weighted by Crippen LogP contribution is 2.20. The van der Waals surface area contributed by atoms with Gasteiger partial charge in [0.25, 0.3) is 5.56 Å². The summed E-state index contributed by atoms with van der Waals surface area (Å²) in [4.78, 5) is 32.3. The Morgan fingerprint density at radius 2 is 1.78 bits per heavy atom. The van der Waals surface area contributed by atoms with Crippen LogP contribution < -0.4 is 11.2 Å². The Balaban J connectivity index is 3.04. The minimum atomic E-state index is -0.459. The van der Waals surface area contributed by atoms with Gasteiger partial charge >= 0.3 is 5.69 Å². The van der Waals surface area contributed by atoms with E-state index < -0.39 is 11.2 Å². The third-order valence-electron chi connectivity index (χ3n) is 2.86. The van der Waals surface area contributed by atoms with Crippen molar-refractivity contribution in [3.05, 3.63) is 32.2 Å². The van der Waals surface area contributed by atoms with E-state index in [0.29, 0.717) is 11.4 Å². The van der Waals surface area contributed by atoms with Crippen molar-refractivity contribution < 1.29 is 0 Å². The van der Waals surface area contributed by atoms with Crippen LogP contribution in [0.15, 0.2) is 9.59 Å². The molecule has 18 heavy (non-hydrogen) atoms. The molecule has 0 bridgehead atoms. The number of hydrogen-bond acceptors (Lipinski definition) is 4. The molecule has 1 atom stereocenters. The molecule has 2 aromatic rings. The fourth-order valence-corrected chi connectivity index (χ4v) is 2.04. The third kappa shape index (κ3) is 1.73. The van der Waals surface area contributed by atoms with Crippen LogP contribution in [0.5, 0.6) is 0 Å². The van der Waals surface area contributed by atoms with Crippen LogP contribution in [0.2, 0.25) is 0 Å². The molecule has 0 amide bonds. The van der Waals surface area contributed by atoms with Crippen molar-refractivity contribution in [1.29, 1.82) is 0 Å². The molecular weight excluding hydrogens is 256 g/mol. The Bertz CT molecular complexity index is 745. The molecule has 1 unspecified atom stereocenters. The normalized spacial score (nSPS) is 12.9. The molecule has 6 nitrogen and oxygen atoms in total. The number of aromatic nitrogens is 4. The number of halogens is 1. The molecule has 96 valence electrons. The van der Waals surface area contributed by atoms with Crippen LogP contribution in [-0.2, 0) is 14.1 Å². The zero-order valence-corrected chi connectivity index (χ0v) is 11.3. The van der Waals surface area contributed by atoms with Crippen molar-refractivity contribution in [3.8, 4) is 0 Å². The fraction of sp³-hybridized carbons (Fsp3) is 0.455. The minimum absolute atomic E-state index is 0.160. The van der Waals surface area contributed by atoms with Gasteiger partial charge in [-0.25, -0.2) is 14.8 Å². The monoisotopic (exact) mass is 268 g/mol. The van der Waals surface area contributed by atoms with Crippen LogP contribution in [0.1, 0.15) is 23.7 Å². The number of aryl methyl sites for hydroxylation is 2. The van der Waals surface area contributed by atoms with Crippen molar-refractivity contribution in [2.45, 2.75) is 19.2 Å². The maximum absolute atomic E-state index is 12.0. The zero-order valence-electron chi connectivity index (χ0n) is 10.6. The summed E-state index contributed by atoms with van der Waals surface area (Å²) in [5, 5.41) is -0.344. The van der Waals surface area contributed by atoms with Gasteiger partial charge < -0.3 is 0 Å². The largest absolute Gasteiger partial charge is 0.332 e. The lowest BCUT2D eigenvalue weighted by Gasteiger charge is -2.10. The van der Waals surface area contributed by atoms with Gasteiger partial charge in [-0.05, 0) is 13.8 Å². The summed E-state index contributed by atoms with van der Waals surface area (Å²) in [7, 11) is 2.97. The minimum Gasteiger partial charge on any atom is -0.279 e. The van der Waals surface area contributed by atoms with Gasteiger partial charge in [0.05, 0.1) is 16.8 Å². The van der Waals surface area contributed by atoms with Crippen LogP contribution in [-0.4, -0.2) is 19.1 Å². The van der Waals surface area contributed by atoms with Gasteiger partial charge in [0.2, 0.25) is 0 Å². The predicted molar refractivity (Wildman–Crippen MR) is 69.0 cm³/mol. The van der Waals surface area contributed by atoms with E-state index >= 15 is 0 Å². The van der Waals surface area contributed by atoms with Crippen LogP contribution >= 0.6 is 11.6 Å². The van der Waals surface area contributed by atoms with Gasteiger partial charge in [-0.15, -0.1) is 11.6 Å². The van der Waals surface area contributed by atoms with E-state index in [1.165, 1.54) is 11.6 Å². The summed E-state index contributed by atoms with van der Waals surface area (Å²) >= 11 is 5.99. The molecule has 0 radical (unpaired) electrons. The molecule has 0 saturated heterocycles. The van der Waals surface area contributed by atoms with Gasteiger partial charge in [0.15, 0.2) is 11.2 Å². The van der Waals surface area contributed by atoms with E-state index in [-0.39, 0.29) is 16.5 Å². The van der Waals surface area contributed by atoms with Gasteiger partial charge in [-0.1, -0.05) is 0 Å². The molecule has 2 aromatic heterocycles. The van der Waals surface area contributed by atoms with Crippen molar-refractivity contribution in [1.82, 2.24) is 19.1 Å². The Labute approximate surface area is 108 Å². The van der Waals surface area contributed by atoms with Crippen molar-refractivity contribution in [2.75, 3.05) is 0 Å². The lowest BCUT2D eigenvalue weighted by Crippen LogP contribution is -2.38. The lowest BCUT2D eigenvalue weighted by molar-refractivity contribution is 0.701. The molecule has 0 fully saturated rings. The molecule has 2 heterocycles. The van der Waals surface area contributed by atoms with Gasteiger partial charge in [-0.3, -0.25) is 13.9 Å². The highest BCUT2D eigenvalue weighted by Gasteiger charge is 2.16. The first-order valence-corrected chi connectivity index (χ1v) is 5.86. The molecule has 0 aliphatic carbocycles. The first kappa shape index (κ1) is 12.8. The summed E-state index contributed by atoms with van der Waals surface area (Å²) in [6.45, 7) is 3.51. The van der Waals surface area contributed by atoms with Crippen molar-refractivity contribution in [2.24, 2.45) is 14.1 Å². The van der Waals surface area contributed by atoms with Crippen molar-refractivity contribution >= 4 is 22.8 Å². The maximum Gasteiger partial charge on any atom is 0.332 e. The Morgan fingerprint density at radius 3 is 2.33 bits per heavy atom. The Morgan fingerprint density at radius 1 is 1.17 bits per heavy atom. The van der Waals surface area contributed by atoms with E-state index in [4.69, 9.17) is 11.6 Å². The lowest BCUT2D eigenvalue weighted by atomic mass is 10.2. The SMILES string of the molecule is Cc1nc2c(nc1C(C)Cl)c(=O)n(C)c(=O)n2C. The number of rotatable bonds is 1. The summed E-state index contributed by atoms with van der Waals surface area (Å²) in [6.07, 6.45) is 0. The summed E-state index contributed by atoms with van der Waals surface area (Å²) in [5.74, 6) is 0. The van der Waals surface area contributed by atoms with Crippen LogP contribution in [0.4, 0.5) is 0 Å². The summed E-state index contributed by atoms with van der Waals surface area (Å²) in [5.41, 5.74) is 0.731. The second-order valence-corrected chi connectivity index (χ2v) is 4.84. The van der Waals surface area contributed by atoms with E-state index in [1.54, 1.807) is 20.9 Å². The Hall–Kier alpha value is -1.69. The first-order chi connectivity index (χ1) is 8.34. The molecular formula is C11H13ClN4O2.